The van der Waals surface area contributed by atoms with Crippen molar-refractivity contribution >= 4 is 39.2 Å². The van der Waals surface area contributed by atoms with Gasteiger partial charge in [0, 0.05) is 36.3 Å². The van der Waals surface area contributed by atoms with Gasteiger partial charge in [0.15, 0.2) is 0 Å². The van der Waals surface area contributed by atoms with Gasteiger partial charge in [0.25, 0.3) is 0 Å². The Labute approximate surface area is 126 Å². The maximum atomic E-state index is 12.0. The number of nitrogens with zero attached hydrogens (tertiary/aromatic N) is 1. The topological polar surface area (TPSA) is 41.6 Å². The van der Waals surface area contributed by atoms with Gasteiger partial charge in [0.1, 0.15) is 0 Å². The van der Waals surface area contributed by atoms with Crippen LogP contribution in [0.5, 0.6) is 0 Å². The molecule has 1 aromatic carbocycles. The van der Waals surface area contributed by atoms with Crippen molar-refractivity contribution in [3.63, 3.8) is 0 Å². The summed E-state index contributed by atoms with van der Waals surface area (Å²) in [6, 6.07) is 5.18. The highest BCUT2D eigenvalue weighted by Gasteiger charge is 2.20. The van der Waals surface area contributed by atoms with Crippen molar-refractivity contribution in [2.24, 2.45) is 5.92 Å². The van der Waals surface area contributed by atoms with Gasteiger partial charge < -0.3 is 15.0 Å². The fourth-order valence-corrected chi connectivity index (χ4v) is 2.49. The van der Waals surface area contributed by atoms with Gasteiger partial charge in [-0.1, -0.05) is 11.6 Å². The second-order valence-electron chi connectivity index (χ2n) is 4.67. The highest BCUT2D eigenvalue weighted by atomic mass is 79.9. The predicted octanol–water partition coefficient (Wildman–Crippen LogP) is 3.60. The molecule has 0 spiro atoms. The summed E-state index contributed by atoms with van der Waals surface area (Å²) in [6.45, 7) is 2.25. The van der Waals surface area contributed by atoms with Gasteiger partial charge in [-0.15, -0.1) is 0 Å². The van der Waals surface area contributed by atoms with E-state index in [-0.39, 0.29) is 6.03 Å². The van der Waals surface area contributed by atoms with E-state index in [2.05, 4.69) is 21.2 Å². The minimum Gasteiger partial charge on any atom is -0.381 e. The Bertz CT molecular complexity index is 464. The first-order valence-electron chi connectivity index (χ1n) is 6.11. The van der Waals surface area contributed by atoms with Crippen LogP contribution in [0.1, 0.15) is 6.42 Å². The van der Waals surface area contributed by atoms with Crippen molar-refractivity contribution in [3.05, 3.63) is 27.7 Å². The molecule has 19 heavy (non-hydrogen) atoms. The van der Waals surface area contributed by atoms with E-state index in [0.717, 1.165) is 29.8 Å². The van der Waals surface area contributed by atoms with E-state index in [9.17, 15) is 4.79 Å². The van der Waals surface area contributed by atoms with Gasteiger partial charge in [-0.05, 0) is 40.5 Å². The molecule has 1 aromatic rings. The summed E-state index contributed by atoms with van der Waals surface area (Å²) in [5, 5.41) is 3.46. The lowest BCUT2D eigenvalue weighted by Crippen LogP contribution is -2.35. The number of hydrogen-bond donors (Lipinski definition) is 1. The van der Waals surface area contributed by atoms with Gasteiger partial charge in [-0.25, -0.2) is 4.79 Å². The third-order valence-corrected chi connectivity index (χ3v) is 4.29. The predicted molar refractivity (Wildman–Crippen MR) is 79.7 cm³/mol. The molecule has 0 aliphatic carbocycles. The van der Waals surface area contributed by atoms with Crippen molar-refractivity contribution in [2.75, 3.05) is 32.1 Å². The largest absolute Gasteiger partial charge is 0.381 e. The molecule has 0 unspecified atom stereocenters. The first kappa shape index (κ1) is 14.6. The molecule has 1 aliphatic heterocycles. The first-order chi connectivity index (χ1) is 9.06. The van der Waals surface area contributed by atoms with Gasteiger partial charge in [-0.2, -0.15) is 0 Å². The van der Waals surface area contributed by atoms with E-state index in [1.165, 1.54) is 0 Å². The molecule has 1 saturated heterocycles. The Morgan fingerprint density at radius 3 is 3.05 bits per heavy atom. The van der Waals surface area contributed by atoms with E-state index < -0.39 is 0 Å². The molecule has 1 fully saturated rings. The number of amides is 2. The zero-order chi connectivity index (χ0) is 13.8. The smallest absolute Gasteiger partial charge is 0.321 e. The van der Waals surface area contributed by atoms with E-state index in [1.807, 2.05) is 0 Å². The van der Waals surface area contributed by atoms with Gasteiger partial charge >= 0.3 is 6.03 Å². The highest BCUT2D eigenvalue weighted by molar-refractivity contribution is 9.10. The SMILES string of the molecule is CN(C[C@H]1CCOC1)C(=O)Nc1ccc(Cl)c(Br)c1. The molecule has 4 nitrogen and oxygen atoms in total. The monoisotopic (exact) mass is 346 g/mol. The molecule has 1 aliphatic rings. The number of rotatable bonds is 3. The third-order valence-electron chi connectivity index (χ3n) is 3.07. The van der Waals surface area contributed by atoms with Crippen LogP contribution in [-0.2, 0) is 4.74 Å². The molecule has 6 heteroatoms. The number of urea groups is 1. The van der Waals surface area contributed by atoms with Crippen LogP contribution in [0.15, 0.2) is 22.7 Å². The summed E-state index contributed by atoms with van der Waals surface area (Å²) < 4.78 is 6.07. The Morgan fingerprint density at radius 1 is 1.63 bits per heavy atom. The molecule has 1 heterocycles. The van der Waals surface area contributed by atoms with Gasteiger partial charge in [-0.3, -0.25) is 0 Å². The lowest BCUT2D eigenvalue weighted by Gasteiger charge is -2.21. The Morgan fingerprint density at radius 2 is 2.42 bits per heavy atom. The molecule has 0 aromatic heterocycles. The number of halogens is 2. The van der Waals surface area contributed by atoms with Gasteiger partial charge in [0.2, 0.25) is 0 Å². The number of hydrogen-bond acceptors (Lipinski definition) is 2. The second-order valence-corrected chi connectivity index (χ2v) is 5.93. The van der Waals surface area contributed by atoms with E-state index in [0.29, 0.717) is 17.5 Å². The maximum Gasteiger partial charge on any atom is 0.321 e. The Kier molecular flexibility index (Phi) is 5.07. The van der Waals surface area contributed by atoms with Crippen LogP contribution in [0.4, 0.5) is 10.5 Å². The molecule has 0 bridgehead atoms. The molecule has 1 atom stereocenters. The summed E-state index contributed by atoms with van der Waals surface area (Å²) >= 11 is 9.24. The average molecular weight is 348 g/mol. The lowest BCUT2D eigenvalue weighted by molar-refractivity contribution is 0.175. The van der Waals surface area contributed by atoms with Crippen LogP contribution in [0.2, 0.25) is 5.02 Å². The Hall–Kier alpha value is -0.780. The molecule has 104 valence electrons. The molecule has 0 radical (unpaired) electrons. The van der Waals surface area contributed by atoms with Crippen molar-refractivity contribution in [3.8, 4) is 0 Å². The fourth-order valence-electron chi connectivity index (χ4n) is 1.99. The summed E-state index contributed by atoms with van der Waals surface area (Å²) in [5.74, 6) is 0.438. The molecular formula is C13H16BrClN2O2. The number of ether oxygens (including phenoxy) is 1. The van der Waals surface area contributed by atoms with Crippen molar-refractivity contribution in [1.82, 2.24) is 4.90 Å². The van der Waals surface area contributed by atoms with Crippen molar-refractivity contribution < 1.29 is 9.53 Å². The van der Waals surface area contributed by atoms with Crippen molar-refractivity contribution in [1.29, 1.82) is 0 Å². The van der Waals surface area contributed by atoms with Crippen LogP contribution < -0.4 is 5.32 Å². The zero-order valence-electron chi connectivity index (χ0n) is 10.7. The van der Waals surface area contributed by atoms with E-state index in [1.54, 1.807) is 30.1 Å². The van der Waals surface area contributed by atoms with E-state index in [4.69, 9.17) is 16.3 Å². The maximum absolute atomic E-state index is 12.0. The number of carbonyl (C=O) groups is 1. The molecule has 2 rings (SSSR count). The first-order valence-corrected chi connectivity index (χ1v) is 7.28. The molecule has 2 amide bonds. The zero-order valence-corrected chi connectivity index (χ0v) is 13.0. The van der Waals surface area contributed by atoms with Crippen LogP contribution in [0, 0.1) is 5.92 Å². The number of anilines is 1. The summed E-state index contributed by atoms with van der Waals surface area (Å²) in [6.07, 6.45) is 1.02. The molecule has 0 saturated carbocycles. The highest BCUT2D eigenvalue weighted by Crippen LogP contribution is 2.25. The van der Waals surface area contributed by atoms with Crippen LogP contribution in [-0.4, -0.2) is 37.7 Å². The minimum absolute atomic E-state index is 0.124. The Balaban J connectivity index is 1.90. The third kappa shape index (κ3) is 4.09. The van der Waals surface area contributed by atoms with Crippen LogP contribution >= 0.6 is 27.5 Å². The van der Waals surface area contributed by atoms with Gasteiger partial charge in [0.05, 0.1) is 11.6 Å². The molecular weight excluding hydrogens is 332 g/mol. The second kappa shape index (κ2) is 6.59. The standard InChI is InChI=1S/C13H16BrClN2O2/c1-17(7-9-4-5-19-8-9)13(18)16-10-2-3-12(15)11(14)6-10/h2-3,6,9H,4-5,7-8H2,1H3,(H,16,18)/t9-/m1/s1. The van der Waals surface area contributed by atoms with Crippen LogP contribution in [0.25, 0.3) is 0 Å². The number of nitrogens with one attached hydrogen (secondary N) is 1. The fraction of sp³-hybridized carbons (Fsp3) is 0.462. The molecule has 1 N–H and O–H groups in total. The quantitative estimate of drug-likeness (QED) is 0.907. The minimum atomic E-state index is -0.124. The van der Waals surface area contributed by atoms with E-state index >= 15 is 0 Å². The summed E-state index contributed by atoms with van der Waals surface area (Å²) in [5.41, 5.74) is 0.718. The average Bonchev–Trinajstić information content (AvgIpc) is 2.86. The lowest BCUT2D eigenvalue weighted by atomic mass is 10.1. The number of carbonyl (C=O) groups excluding carboxylic acids is 1. The summed E-state index contributed by atoms with van der Waals surface area (Å²) in [4.78, 5) is 13.7. The van der Waals surface area contributed by atoms with Crippen LogP contribution in [0.3, 0.4) is 0 Å². The summed E-state index contributed by atoms with van der Waals surface area (Å²) in [7, 11) is 1.79. The number of benzene rings is 1. The normalized spacial score (nSPS) is 18.4. The van der Waals surface area contributed by atoms with Crippen molar-refractivity contribution in [2.45, 2.75) is 6.42 Å².